The maximum atomic E-state index is 13.5. The van der Waals surface area contributed by atoms with E-state index in [0.717, 1.165) is 21.5 Å². The van der Waals surface area contributed by atoms with E-state index in [1.165, 1.54) is 23.1 Å². The summed E-state index contributed by atoms with van der Waals surface area (Å²) in [6.45, 7) is 0.343. The quantitative estimate of drug-likeness (QED) is 0.187. The zero-order chi connectivity index (χ0) is 22.8. The molecular weight excluding hydrogens is 454 g/mol. The average molecular weight is 474 g/mol. The molecular formula is C25H19N3O3S2. The number of Topliss-reactive ketones (excluding diaryl/α,β-unsaturated/α-hetero) is 1. The first-order valence-corrected chi connectivity index (χ1v) is 12.1. The number of nitrogens with zero attached hydrogens (tertiary/aromatic N) is 3. The van der Waals surface area contributed by atoms with Crippen LogP contribution in [0.1, 0.15) is 15.9 Å². The molecule has 3 aromatic heterocycles. The molecule has 33 heavy (non-hydrogen) atoms. The van der Waals surface area contributed by atoms with E-state index in [2.05, 4.69) is 4.98 Å². The normalized spacial score (nSPS) is 11.2. The predicted octanol–water partition coefficient (Wildman–Crippen LogP) is 5.04. The van der Waals surface area contributed by atoms with Crippen LogP contribution in [0.15, 0.2) is 82.9 Å². The summed E-state index contributed by atoms with van der Waals surface area (Å²) in [4.78, 5) is 36.3. The Balaban J connectivity index is 1.57. The van der Waals surface area contributed by atoms with Crippen LogP contribution in [0, 0.1) is 0 Å². The summed E-state index contributed by atoms with van der Waals surface area (Å²) in [5.41, 5.74) is 2.08. The summed E-state index contributed by atoms with van der Waals surface area (Å²) < 4.78 is 7.44. The number of thioether (sulfide) groups is 1. The summed E-state index contributed by atoms with van der Waals surface area (Å²) in [5.74, 6) is 0.923. The second-order valence-corrected chi connectivity index (χ2v) is 9.29. The molecule has 0 aliphatic rings. The molecule has 6 nitrogen and oxygen atoms in total. The van der Waals surface area contributed by atoms with Crippen molar-refractivity contribution in [3.63, 3.8) is 0 Å². The Bertz CT molecular complexity index is 1510. The Morgan fingerprint density at radius 2 is 1.85 bits per heavy atom. The molecule has 5 rings (SSSR count). The molecule has 0 radical (unpaired) electrons. The van der Waals surface area contributed by atoms with Crippen LogP contribution in [0.5, 0.6) is 5.75 Å². The first-order chi connectivity index (χ1) is 16.1. The van der Waals surface area contributed by atoms with Crippen LogP contribution >= 0.6 is 23.1 Å². The van der Waals surface area contributed by atoms with Crippen LogP contribution in [0.3, 0.4) is 0 Å². The molecule has 0 spiro atoms. The van der Waals surface area contributed by atoms with Crippen molar-refractivity contribution < 1.29 is 9.53 Å². The minimum Gasteiger partial charge on any atom is -0.497 e. The van der Waals surface area contributed by atoms with Crippen molar-refractivity contribution in [1.82, 2.24) is 14.5 Å². The number of hydrogen-bond donors (Lipinski definition) is 0. The van der Waals surface area contributed by atoms with Gasteiger partial charge in [0.2, 0.25) is 0 Å². The Labute approximate surface area is 197 Å². The fourth-order valence-corrected chi connectivity index (χ4v) is 5.46. The third-order valence-corrected chi connectivity index (χ3v) is 7.31. The van der Waals surface area contributed by atoms with E-state index in [-0.39, 0.29) is 17.1 Å². The van der Waals surface area contributed by atoms with Gasteiger partial charge in [-0.25, -0.2) is 9.97 Å². The number of carbonyl (C=O) groups is 1. The number of ketones is 1. The van der Waals surface area contributed by atoms with Gasteiger partial charge < -0.3 is 4.74 Å². The molecule has 164 valence electrons. The summed E-state index contributed by atoms with van der Waals surface area (Å²) in [7, 11) is 1.62. The van der Waals surface area contributed by atoms with Gasteiger partial charge in [-0.2, -0.15) is 0 Å². The summed E-state index contributed by atoms with van der Waals surface area (Å²) >= 11 is 2.63. The molecule has 0 amide bonds. The van der Waals surface area contributed by atoms with Crippen molar-refractivity contribution in [3.8, 4) is 5.75 Å². The number of methoxy groups -OCH3 is 1. The number of ether oxygens (including phenoxy) is 1. The molecule has 0 unspecified atom stereocenters. The van der Waals surface area contributed by atoms with E-state index in [0.29, 0.717) is 27.5 Å². The number of hydrogen-bond acceptors (Lipinski definition) is 7. The Hall–Kier alpha value is -3.49. The highest BCUT2D eigenvalue weighted by Crippen LogP contribution is 2.31. The first kappa shape index (κ1) is 21.4. The van der Waals surface area contributed by atoms with Crippen LogP contribution in [0.2, 0.25) is 0 Å². The van der Waals surface area contributed by atoms with Crippen LogP contribution in [0.25, 0.3) is 20.4 Å². The molecule has 5 aromatic rings. The summed E-state index contributed by atoms with van der Waals surface area (Å²) in [5, 5.41) is 1.36. The molecule has 2 aromatic carbocycles. The molecule has 0 atom stereocenters. The average Bonchev–Trinajstić information content (AvgIpc) is 3.24. The van der Waals surface area contributed by atoms with Crippen molar-refractivity contribution in [2.24, 2.45) is 0 Å². The van der Waals surface area contributed by atoms with Gasteiger partial charge in [0, 0.05) is 17.1 Å². The standard InChI is InChI=1S/C25H19N3O3S2/c1-31-18-11-9-16(10-12-18)14-28-24(30)22-21(19-8-5-13-26-23(19)33-22)27-25(28)32-15-20(29)17-6-3-2-4-7-17/h2-13H,14-15H2,1H3. The van der Waals surface area contributed by atoms with Crippen LogP contribution in [0.4, 0.5) is 0 Å². The number of rotatable bonds is 7. The van der Waals surface area contributed by atoms with Crippen molar-refractivity contribution in [3.05, 3.63) is 94.4 Å². The highest BCUT2D eigenvalue weighted by Gasteiger charge is 2.18. The van der Waals surface area contributed by atoms with Gasteiger partial charge in [0.1, 0.15) is 15.3 Å². The van der Waals surface area contributed by atoms with Gasteiger partial charge in [-0.05, 0) is 29.8 Å². The number of thiophene rings is 1. The lowest BCUT2D eigenvalue weighted by atomic mass is 10.2. The molecule has 0 bridgehead atoms. The Morgan fingerprint density at radius 1 is 1.06 bits per heavy atom. The van der Waals surface area contributed by atoms with E-state index >= 15 is 0 Å². The smallest absolute Gasteiger partial charge is 0.272 e. The first-order valence-electron chi connectivity index (χ1n) is 10.3. The minimum absolute atomic E-state index is 0.0113. The lowest BCUT2D eigenvalue weighted by Crippen LogP contribution is -2.23. The maximum absolute atomic E-state index is 13.5. The monoisotopic (exact) mass is 473 g/mol. The van der Waals surface area contributed by atoms with Crippen molar-refractivity contribution in [2.45, 2.75) is 11.7 Å². The molecule has 0 saturated heterocycles. The third kappa shape index (κ3) is 4.27. The second kappa shape index (κ2) is 9.17. The zero-order valence-electron chi connectivity index (χ0n) is 17.7. The van der Waals surface area contributed by atoms with E-state index in [4.69, 9.17) is 9.72 Å². The van der Waals surface area contributed by atoms with Crippen LogP contribution < -0.4 is 10.3 Å². The summed E-state index contributed by atoms with van der Waals surface area (Å²) in [6.07, 6.45) is 1.71. The fourth-order valence-electron chi connectivity index (χ4n) is 3.54. The van der Waals surface area contributed by atoms with Gasteiger partial charge in [-0.1, -0.05) is 54.2 Å². The van der Waals surface area contributed by atoms with Crippen LogP contribution in [-0.2, 0) is 6.54 Å². The van der Waals surface area contributed by atoms with E-state index < -0.39 is 0 Å². The Kier molecular flexibility index (Phi) is 5.93. The van der Waals surface area contributed by atoms with Gasteiger partial charge in [0.15, 0.2) is 10.9 Å². The topological polar surface area (TPSA) is 74.1 Å². The van der Waals surface area contributed by atoms with Gasteiger partial charge in [0.05, 0.1) is 24.9 Å². The summed E-state index contributed by atoms with van der Waals surface area (Å²) in [6, 6.07) is 20.5. The highest BCUT2D eigenvalue weighted by molar-refractivity contribution is 7.99. The van der Waals surface area contributed by atoms with E-state index in [9.17, 15) is 9.59 Å². The Morgan fingerprint density at radius 3 is 2.61 bits per heavy atom. The number of fused-ring (bicyclic) bond motifs is 3. The van der Waals surface area contributed by atoms with Crippen molar-refractivity contribution in [1.29, 1.82) is 0 Å². The predicted molar refractivity (Wildman–Crippen MR) is 133 cm³/mol. The molecule has 0 aliphatic carbocycles. The van der Waals surface area contributed by atoms with Gasteiger partial charge in [-0.15, -0.1) is 11.3 Å². The SMILES string of the molecule is COc1ccc(Cn2c(SCC(=O)c3ccccc3)nc3c(sc4ncccc43)c2=O)cc1. The van der Waals surface area contributed by atoms with Crippen LogP contribution in [-0.4, -0.2) is 33.2 Å². The molecule has 0 N–H and O–H groups in total. The molecule has 3 heterocycles. The number of aromatic nitrogens is 3. The second-order valence-electron chi connectivity index (χ2n) is 7.35. The zero-order valence-corrected chi connectivity index (χ0v) is 19.4. The van der Waals surface area contributed by atoms with Gasteiger partial charge >= 0.3 is 0 Å². The largest absolute Gasteiger partial charge is 0.497 e. The van der Waals surface area contributed by atoms with E-state index in [1.54, 1.807) is 30.0 Å². The lowest BCUT2D eigenvalue weighted by molar-refractivity contribution is 0.102. The number of carbonyl (C=O) groups excluding carboxylic acids is 1. The fraction of sp³-hybridized carbons (Fsp3) is 0.120. The van der Waals surface area contributed by atoms with Crippen molar-refractivity contribution >= 4 is 49.3 Å². The van der Waals surface area contributed by atoms with Crippen molar-refractivity contribution in [2.75, 3.05) is 12.9 Å². The lowest BCUT2D eigenvalue weighted by Gasteiger charge is -2.12. The number of pyridine rings is 1. The molecule has 0 aliphatic heterocycles. The number of benzene rings is 2. The molecule has 0 saturated carbocycles. The molecule has 0 fully saturated rings. The maximum Gasteiger partial charge on any atom is 0.272 e. The minimum atomic E-state index is -0.131. The van der Waals surface area contributed by atoms with Gasteiger partial charge in [-0.3, -0.25) is 14.2 Å². The van der Waals surface area contributed by atoms with Gasteiger partial charge in [0.25, 0.3) is 5.56 Å². The van der Waals surface area contributed by atoms with E-state index in [1.807, 2.05) is 54.6 Å². The molecule has 8 heteroatoms. The highest BCUT2D eigenvalue weighted by atomic mass is 32.2. The third-order valence-electron chi connectivity index (χ3n) is 5.25.